The number of pyridine rings is 1. The Morgan fingerprint density at radius 1 is 0.929 bits per heavy atom. The number of amides is 1. The third-order valence-corrected chi connectivity index (χ3v) is 4.14. The summed E-state index contributed by atoms with van der Waals surface area (Å²) in [7, 11) is 0. The molecule has 1 amide bonds. The minimum Gasteiger partial charge on any atom is -0.354 e. The number of hydrogen-bond acceptors (Lipinski definition) is 3. The quantitative estimate of drug-likeness (QED) is 0.605. The van der Waals surface area contributed by atoms with Gasteiger partial charge in [-0.3, -0.25) is 9.78 Å². The van der Waals surface area contributed by atoms with E-state index in [1.807, 2.05) is 32.0 Å². The number of carbonyl (C=O) groups is 1. The number of rotatable bonds is 4. The fourth-order valence-corrected chi connectivity index (χ4v) is 2.60. The summed E-state index contributed by atoms with van der Waals surface area (Å²) in [4.78, 5) is 16.5. The molecule has 1 aromatic heterocycles. The van der Waals surface area contributed by atoms with Gasteiger partial charge in [-0.15, -0.1) is 0 Å². The molecule has 7 heteroatoms. The molecule has 0 aliphatic heterocycles. The highest BCUT2D eigenvalue weighted by molar-refractivity contribution is 6.04. The van der Waals surface area contributed by atoms with Gasteiger partial charge in [-0.2, -0.15) is 13.2 Å². The second-order valence-corrected chi connectivity index (χ2v) is 6.43. The van der Waals surface area contributed by atoms with E-state index in [4.69, 9.17) is 0 Å². The highest BCUT2D eigenvalue weighted by Gasteiger charge is 2.30. The van der Waals surface area contributed by atoms with Crippen LogP contribution in [0.3, 0.4) is 0 Å². The Labute approximate surface area is 160 Å². The second kappa shape index (κ2) is 7.72. The van der Waals surface area contributed by atoms with E-state index < -0.39 is 17.6 Å². The molecule has 0 fully saturated rings. The van der Waals surface area contributed by atoms with Crippen molar-refractivity contribution in [2.24, 2.45) is 0 Å². The first-order valence-corrected chi connectivity index (χ1v) is 8.50. The molecule has 0 saturated heterocycles. The lowest BCUT2D eigenvalue weighted by molar-refractivity contribution is -0.137. The number of nitrogens with zero attached hydrogens (tertiary/aromatic N) is 1. The molecule has 0 spiro atoms. The predicted octanol–water partition coefficient (Wildman–Crippen LogP) is 5.71. The summed E-state index contributed by atoms with van der Waals surface area (Å²) in [5.74, 6) is -0.461. The zero-order valence-corrected chi connectivity index (χ0v) is 15.3. The normalized spacial score (nSPS) is 11.2. The topological polar surface area (TPSA) is 54.0 Å². The van der Waals surface area contributed by atoms with Crippen LogP contribution in [-0.4, -0.2) is 10.9 Å². The average molecular weight is 385 g/mol. The summed E-state index contributed by atoms with van der Waals surface area (Å²) in [6.45, 7) is 3.95. The van der Waals surface area contributed by atoms with Gasteiger partial charge in [-0.05, 0) is 61.4 Å². The van der Waals surface area contributed by atoms with Gasteiger partial charge in [-0.25, -0.2) is 0 Å². The van der Waals surface area contributed by atoms with Crippen molar-refractivity contribution < 1.29 is 18.0 Å². The van der Waals surface area contributed by atoms with Crippen molar-refractivity contribution in [3.63, 3.8) is 0 Å². The van der Waals surface area contributed by atoms with Gasteiger partial charge in [0.05, 0.1) is 23.0 Å². The third-order valence-electron chi connectivity index (χ3n) is 4.14. The van der Waals surface area contributed by atoms with Gasteiger partial charge in [0.15, 0.2) is 0 Å². The van der Waals surface area contributed by atoms with Gasteiger partial charge < -0.3 is 10.6 Å². The monoisotopic (exact) mass is 385 g/mol. The maximum atomic E-state index is 12.6. The summed E-state index contributed by atoms with van der Waals surface area (Å²) in [5.41, 5.74) is 3.46. The van der Waals surface area contributed by atoms with Crippen molar-refractivity contribution in [1.29, 1.82) is 0 Å². The second-order valence-electron chi connectivity index (χ2n) is 6.43. The number of benzene rings is 2. The Morgan fingerprint density at radius 2 is 1.64 bits per heavy atom. The van der Waals surface area contributed by atoms with Gasteiger partial charge in [0.25, 0.3) is 5.91 Å². The Kier molecular flexibility index (Phi) is 5.35. The molecule has 3 rings (SSSR count). The predicted molar refractivity (Wildman–Crippen MR) is 103 cm³/mol. The summed E-state index contributed by atoms with van der Waals surface area (Å²) in [6.07, 6.45) is -1.43. The number of hydrogen-bond donors (Lipinski definition) is 2. The largest absolute Gasteiger partial charge is 0.416 e. The van der Waals surface area contributed by atoms with E-state index in [1.165, 1.54) is 18.3 Å². The molecule has 0 saturated carbocycles. The number of aromatic nitrogens is 1. The zero-order valence-electron chi connectivity index (χ0n) is 15.3. The van der Waals surface area contributed by atoms with Crippen LogP contribution in [0.25, 0.3) is 0 Å². The highest BCUT2D eigenvalue weighted by atomic mass is 19.4. The lowest BCUT2D eigenvalue weighted by Gasteiger charge is -2.12. The van der Waals surface area contributed by atoms with Crippen LogP contribution in [0.5, 0.6) is 0 Å². The summed E-state index contributed by atoms with van der Waals surface area (Å²) in [6, 6.07) is 11.9. The number of halogens is 3. The van der Waals surface area contributed by atoms with Gasteiger partial charge in [0.1, 0.15) is 0 Å². The molecule has 0 unspecified atom stereocenters. The van der Waals surface area contributed by atoms with E-state index in [1.54, 1.807) is 12.3 Å². The first-order chi connectivity index (χ1) is 13.2. The molecule has 144 valence electrons. The van der Waals surface area contributed by atoms with Gasteiger partial charge in [0.2, 0.25) is 0 Å². The van der Waals surface area contributed by atoms with E-state index in [0.717, 1.165) is 28.9 Å². The molecule has 2 N–H and O–H groups in total. The first kappa shape index (κ1) is 19.4. The van der Waals surface area contributed by atoms with Crippen molar-refractivity contribution in [3.05, 3.63) is 83.2 Å². The van der Waals surface area contributed by atoms with Crippen LogP contribution in [0, 0.1) is 13.8 Å². The summed E-state index contributed by atoms with van der Waals surface area (Å²) >= 11 is 0. The molecule has 2 aromatic carbocycles. The summed E-state index contributed by atoms with van der Waals surface area (Å²) in [5, 5.41) is 5.80. The maximum Gasteiger partial charge on any atom is 0.416 e. The standard InChI is InChI=1S/C21H18F3N3O/c1-13-3-4-14(2)19(9-13)26-18-10-15(11-25-12-18)20(28)27-17-7-5-16(6-8-17)21(22,23)24/h3-12,26H,1-2H3,(H,27,28). The lowest BCUT2D eigenvalue weighted by Crippen LogP contribution is -2.13. The molecule has 4 nitrogen and oxygen atoms in total. The fourth-order valence-electron chi connectivity index (χ4n) is 2.60. The molecule has 0 bridgehead atoms. The lowest BCUT2D eigenvalue weighted by atomic mass is 10.1. The van der Waals surface area contributed by atoms with Crippen LogP contribution in [0.15, 0.2) is 60.9 Å². The highest BCUT2D eigenvalue weighted by Crippen LogP contribution is 2.30. The van der Waals surface area contributed by atoms with Gasteiger partial charge >= 0.3 is 6.18 Å². The van der Waals surface area contributed by atoms with E-state index in [0.29, 0.717) is 5.69 Å². The van der Waals surface area contributed by atoms with Gasteiger partial charge in [-0.1, -0.05) is 12.1 Å². The smallest absolute Gasteiger partial charge is 0.354 e. The van der Waals surface area contributed by atoms with Crippen LogP contribution >= 0.6 is 0 Å². The molecule has 0 atom stereocenters. The van der Waals surface area contributed by atoms with Crippen molar-refractivity contribution in [2.75, 3.05) is 10.6 Å². The fraction of sp³-hybridized carbons (Fsp3) is 0.143. The van der Waals surface area contributed by atoms with E-state index >= 15 is 0 Å². The Balaban J connectivity index is 1.74. The molecule has 0 radical (unpaired) electrons. The molecule has 0 aliphatic rings. The van der Waals surface area contributed by atoms with E-state index in [9.17, 15) is 18.0 Å². The van der Waals surface area contributed by atoms with Crippen LogP contribution in [0.4, 0.5) is 30.2 Å². The van der Waals surface area contributed by atoms with Crippen molar-refractivity contribution in [2.45, 2.75) is 20.0 Å². The number of nitrogens with one attached hydrogen (secondary N) is 2. The number of aryl methyl sites for hydroxylation is 2. The number of alkyl halides is 3. The Bertz CT molecular complexity index is 999. The van der Waals surface area contributed by atoms with Crippen LogP contribution < -0.4 is 10.6 Å². The van der Waals surface area contributed by atoms with Crippen molar-refractivity contribution in [3.8, 4) is 0 Å². The van der Waals surface area contributed by atoms with Crippen molar-refractivity contribution in [1.82, 2.24) is 4.98 Å². The first-order valence-electron chi connectivity index (χ1n) is 8.50. The van der Waals surface area contributed by atoms with Gasteiger partial charge in [0, 0.05) is 17.6 Å². The average Bonchev–Trinajstić information content (AvgIpc) is 2.65. The van der Waals surface area contributed by atoms with Crippen LogP contribution in [-0.2, 0) is 6.18 Å². The SMILES string of the molecule is Cc1ccc(C)c(Nc2cncc(C(=O)Nc3ccc(C(F)(F)F)cc3)c2)c1. The van der Waals surface area contributed by atoms with E-state index in [2.05, 4.69) is 15.6 Å². The van der Waals surface area contributed by atoms with E-state index in [-0.39, 0.29) is 11.3 Å². The number of anilines is 3. The van der Waals surface area contributed by atoms with Crippen LogP contribution in [0.2, 0.25) is 0 Å². The summed E-state index contributed by atoms with van der Waals surface area (Å²) < 4.78 is 37.9. The maximum absolute atomic E-state index is 12.6. The zero-order chi connectivity index (χ0) is 20.3. The molecule has 1 heterocycles. The molecule has 3 aromatic rings. The Hall–Kier alpha value is -3.35. The molecular formula is C21H18F3N3O. The van der Waals surface area contributed by atoms with Crippen LogP contribution in [0.1, 0.15) is 27.0 Å². The minimum atomic E-state index is -4.42. The molecule has 0 aliphatic carbocycles. The number of carbonyl (C=O) groups excluding carboxylic acids is 1. The van der Waals surface area contributed by atoms with Crippen molar-refractivity contribution >= 4 is 23.0 Å². The minimum absolute atomic E-state index is 0.269. The molecule has 28 heavy (non-hydrogen) atoms. The third kappa shape index (κ3) is 4.68. The Morgan fingerprint density at radius 3 is 2.32 bits per heavy atom. The molecular weight excluding hydrogens is 367 g/mol.